The van der Waals surface area contributed by atoms with Gasteiger partial charge in [-0.2, -0.15) is 0 Å². The minimum absolute atomic E-state index is 0.147. The summed E-state index contributed by atoms with van der Waals surface area (Å²) in [7, 11) is 2.16. The molecule has 1 N–H and O–H groups in total. The molecule has 27 heavy (non-hydrogen) atoms. The van der Waals surface area contributed by atoms with Crippen LogP contribution in [0.3, 0.4) is 0 Å². The van der Waals surface area contributed by atoms with Gasteiger partial charge in [0.05, 0.1) is 11.1 Å². The molecule has 0 aliphatic carbocycles. The third-order valence-corrected chi connectivity index (χ3v) is 5.69. The van der Waals surface area contributed by atoms with E-state index in [1.807, 2.05) is 36.5 Å². The van der Waals surface area contributed by atoms with E-state index in [1.54, 1.807) is 0 Å². The molecule has 4 rings (SSSR count). The molecule has 4 heteroatoms. The molecule has 0 radical (unpaired) electrons. The van der Waals surface area contributed by atoms with E-state index in [-0.39, 0.29) is 5.91 Å². The summed E-state index contributed by atoms with van der Waals surface area (Å²) in [5.41, 5.74) is 3.01. The van der Waals surface area contributed by atoms with E-state index in [9.17, 15) is 4.79 Å². The second kappa shape index (κ2) is 7.97. The number of nitrogens with one attached hydrogen (secondary N) is 1. The standard InChI is InChI=1S/C23H27N3O/c1-25-15-12-20(13-16-25)26(17-11-18-6-3-2-4-7-18)23(27)21-9-5-8-19-10-14-24-22(19)21/h2-10,14,20,24H,11-13,15-17H2,1H3. The average Bonchev–Trinajstić information content (AvgIpc) is 3.19. The van der Waals surface area contributed by atoms with Crippen molar-refractivity contribution >= 4 is 16.8 Å². The zero-order chi connectivity index (χ0) is 18.6. The molecule has 0 spiro atoms. The van der Waals surface area contributed by atoms with E-state index < -0.39 is 0 Å². The van der Waals surface area contributed by atoms with Gasteiger partial charge in [0.25, 0.3) is 5.91 Å². The lowest BCUT2D eigenvalue weighted by Gasteiger charge is -2.37. The van der Waals surface area contributed by atoms with Gasteiger partial charge in [-0.05, 0) is 57.1 Å². The number of benzene rings is 2. The Morgan fingerprint density at radius 2 is 1.85 bits per heavy atom. The number of hydrogen-bond donors (Lipinski definition) is 1. The molecule has 1 aliphatic heterocycles. The number of para-hydroxylation sites is 1. The van der Waals surface area contributed by atoms with Crippen LogP contribution in [0.15, 0.2) is 60.8 Å². The number of aromatic nitrogens is 1. The van der Waals surface area contributed by atoms with E-state index in [1.165, 1.54) is 5.56 Å². The van der Waals surface area contributed by atoms with E-state index in [0.717, 1.165) is 55.4 Å². The van der Waals surface area contributed by atoms with Crippen molar-refractivity contribution in [3.63, 3.8) is 0 Å². The molecule has 3 aromatic rings. The Morgan fingerprint density at radius 1 is 1.07 bits per heavy atom. The number of rotatable bonds is 5. The Balaban J connectivity index is 1.60. The molecule has 1 aromatic heterocycles. The molecular formula is C23H27N3O. The number of likely N-dealkylation sites (tertiary alicyclic amines) is 1. The Hall–Kier alpha value is -2.59. The van der Waals surface area contributed by atoms with E-state index >= 15 is 0 Å². The Labute approximate surface area is 160 Å². The summed E-state index contributed by atoms with van der Waals surface area (Å²) < 4.78 is 0. The number of H-pyrrole nitrogens is 1. The molecule has 2 aromatic carbocycles. The quantitative estimate of drug-likeness (QED) is 0.747. The highest BCUT2D eigenvalue weighted by atomic mass is 16.2. The summed E-state index contributed by atoms with van der Waals surface area (Å²) in [4.78, 5) is 21.3. The number of nitrogens with zero attached hydrogens (tertiary/aromatic N) is 2. The number of hydrogen-bond acceptors (Lipinski definition) is 2. The lowest BCUT2D eigenvalue weighted by Crippen LogP contribution is -2.47. The summed E-state index contributed by atoms with van der Waals surface area (Å²) in [6.45, 7) is 2.85. The van der Waals surface area contributed by atoms with Crippen LogP contribution in [0.1, 0.15) is 28.8 Å². The van der Waals surface area contributed by atoms with E-state index in [0.29, 0.717) is 6.04 Å². The largest absolute Gasteiger partial charge is 0.361 e. The topological polar surface area (TPSA) is 39.3 Å². The number of piperidine rings is 1. The van der Waals surface area contributed by atoms with E-state index in [2.05, 4.69) is 46.1 Å². The molecule has 1 amide bonds. The summed E-state index contributed by atoms with van der Waals surface area (Å²) in [6, 6.07) is 18.8. The van der Waals surface area contributed by atoms with Gasteiger partial charge in [0.15, 0.2) is 0 Å². The molecule has 1 saturated heterocycles. The van der Waals surface area contributed by atoms with Crippen molar-refractivity contribution in [3.05, 3.63) is 71.9 Å². The predicted octanol–water partition coefficient (Wildman–Crippen LogP) is 3.95. The van der Waals surface area contributed by atoms with Crippen LogP contribution < -0.4 is 0 Å². The maximum Gasteiger partial charge on any atom is 0.256 e. The Bertz CT molecular complexity index is 894. The van der Waals surface area contributed by atoms with Crippen LogP contribution in [0.5, 0.6) is 0 Å². The number of fused-ring (bicyclic) bond motifs is 1. The molecule has 4 nitrogen and oxygen atoms in total. The van der Waals surface area contributed by atoms with Gasteiger partial charge in [-0.3, -0.25) is 4.79 Å². The Morgan fingerprint density at radius 3 is 2.63 bits per heavy atom. The SMILES string of the molecule is CN1CCC(N(CCc2ccccc2)C(=O)c2cccc3cc[nH]c23)CC1. The second-order valence-corrected chi connectivity index (χ2v) is 7.52. The van der Waals surface area contributed by atoms with Crippen molar-refractivity contribution in [3.8, 4) is 0 Å². The van der Waals surface area contributed by atoms with Gasteiger partial charge in [-0.25, -0.2) is 0 Å². The number of amides is 1. The minimum atomic E-state index is 0.147. The molecule has 0 saturated carbocycles. The van der Waals surface area contributed by atoms with Crippen LogP contribution in [-0.2, 0) is 6.42 Å². The van der Waals surface area contributed by atoms with Crippen molar-refractivity contribution in [2.75, 3.05) is 26.7 Å². The number of carbonyl (C=O) groups is 1. The fourth-order valence-electron chi connectivity index (χ4n) is 4.07. The summed E-state index contributed by atoms with van der Waals surface area (Å²) in [6.07, 6.45) is 4.88. The molecule has 2 heterocycles. The van der Waals surface area contributed by atoms with Gasteiger partial charge < -0.3 is 14.8 Å². The van der Waals surface area contributed by atoms with Crippen molar-refractivity contribution in [1.29, 1.82) is 0 Å². The monoisotopic (exact) mass is 361 g/mol. The van der Waals surface area contributed by atoms with Gasteiger partial charge in [0.2, 0.25) is 0 Å². The van der Waals surface area contributed by atoms with Gasteiger partial charge >= 0.3 is 0 Å². The zero-order valence-electron chi connectivity index (χ0n) is 15.9. The third kappa shape index (κ3) is 3.91. The smallest absolute Gasteiger partial charge is 0.256 e. The van der Waals surface area contributed by atoms with Gasteiger partial charge in [-0.1, -0.05) is 42.5 Å². The maximum absolute atomic E-state index is 13.6. The van der Waals surface area contributed by atoms with Crippen molar-refractivity contribution in [2.45, 2.75) is 25.3 Å². The maximum atomic E-state index is 13.6. The highest BCUT2D eigenvalue weighted by molar-refractivity contribution is 6.05. The number of carbonyl (C=O) groups excluding carboxylic acids is 1. The highest BCUT2D eigenvalue weighted by Crippen LogP contribution is 2.23. The summed E-state index contributed by atoms with van der Waals surface area (Å²) in [5, 5.41) is 1.09. The van der Waals surface area contributed by atoms with Crippen LogP contribution in [0.25, 0.3) is 10.9 Å². The molecule has 0 atom stereocenters. The zero-order valence-corrected chi connectivity index (χ0v) is 15.9. The van der Waals surface area contributed by atoms with Crippen LogP contribution >= 0.6 is 0 Å². The van der Waals surface area contributed by atoms with Crippen LogP contribution in [0, 0.1) is 0 Å². The summed E-state index contributed by atoms with van der Waals surface area (Å²) >= 11 is 0. The molecule has 0 bridgehead atoms. The molecular weight excluding hydrogens is 334 g/mol. The van der Waals surface area contributed by atoms with E-state index in [4.69, 9.17) is 0 Å². The normalized spacial score (nSPS) is 15.9. The van der Waals surface area contributed by atoms with Crippen LogP contribution in [0.4, 0.5) is 0 Å². The number of aromatic amines is 1. The lowest BCUT2D eigenvalue weighted by atomic mass is 10.0. The molecule has 1 fully saturated rings. The minimum Gasteiger partial charge on any atom is -0.361 e. The first-order chi connectivity index (χ1) is 13.2. The molecule has 140 valence electrons. The third-order valence-electron chi connectivity index (χ3n) is 5.69. The fraction of sp³-hybridized carbons (Fsp3) is 0.348. The second-order valence-electron chi connectivity index (χ2n) is 7.52. The first kappa shape index (κ1) is 17.8. The summed E-state index contributed by atoms with van der Waals surface area (Å²) in [5.74, 6) is 0.147. The van der Waals surface area contributed by atoms with Crippen molar-refractivity contribution < 1.29 is 4.79 Å². The first-order valence-corrected chi connectivity index (χ1v) is 9.82. The van der Waals surface area contributed by atoms with Crippen molar-refractivity contribution in [2.24, 2.45) is 0 Å². The van der Waals surface area contributed by atoms with Crippen LogP contribution in [0.2, 0.25) is 0 Å². The lowest BCUT2D eigenvalue weighted by molar-refractivity contribution is 0.0596. The van der Waals surface area contributed by atoms with Gasteiger partial charge in [0.1, 0.15) is 0 Å². The predicted molar refractivity (Wildman–Crippen MR) is 110 cm³/mol. The first-order valence-electron chi connectivity index (χ1n) is 9.82. The van der Waals surface area contributed by atoms with Crippen molar-refractivity contribution in [1.82, 2.24) is 14.8 Å². The highest BCUT2D eigenvalue weighted by Gasteiger charge is 2.28. The Kier molecular flexibility index (Phi) is 5.26. The van der Waals surface area contributed by atoms with Gasteiger partial charge in [0, 0.05) is 24.2 Å². The van der Waals surface area contributed by atoms with Gasteiger partial charge in [-0.15, -0.1) is 0 Å². The fourth-order valence-corrected chi connectivity index (χ4v) is 4.07. The van der Waals surface area contributed by atoms with Crippen LogP contribution in [-0.4, -0.2) is 53.4 Å². The molecule has 0 unspecified atom stereocenters. The average molecular weight is 361 g/mol. The molecule has 1 aliphatic rings.